The highest BCUT2D eigenvalue weighted by atomic mass is 19.1. The smallest absolute Gasteiger partial charge is 0.405 e. The number of methoxy groups -OCH3 is 2. The molecule has 12 heteroatoms. The number of nitrogens with two attached hydrogens (primary N) is 1. The highest BCUT2D eigenvalue weighted by Crippen LogP contribution is 2.42. The summed E-state index contributed by atoms with van der Waals surface area (Å²) < 4.78 is 29.5. The number of carbonyl (C=O) groups excluding carboxylic acids is 2. The standard InChI is InChI=1S/C30H44FN3O8/c1-16-12-20-25(33-11-10-31)22(35)15-21(27(20)37)34-29(38)17(2)8-7-9-23(40-5)28(42-30(32)39)19(4)14-18(3)26(36)24(13-16)41-6/h7-9,14-16,18,23-24,26,28,33,35-37H,10-13H2,1-6H3,(H2,32,39)(H,34,38)/b9-7-,17-8-,19-14-/t16-,18+,23-,24-,26+,28-/m1/s1. The van der Waals surface area contributed by atoms with Gasteiger partial charge in [-0.25, -0.2) is 9.18 Å². The third kappa shape index (κ3) is 9.20. The number of halogens is 1. The normalized spacial score (nSPS) is 29.4. The van der Waals surface area contributed by atoms with E-state index >= 15 is 0 Å². The maximum Gasteiger partial charge on any atom is 0.405 e. The Balaban J connectivity index is 2.66. The molecule has 0 aliphatic carbocycles. The summed E-state index contributed by atoms with van der Waals surface area (Å²) in [5.41, 5.74) is 6.59. The van der Waals surface area contributed by atoms with Crippen LogP contribution in [-0.2, 0) is 25.4 Å². The molecule has 0 saturated carbocycles. The summed E-state index contributed by atoms with van der Waals surface area (Å²) in [7, 11) is 2.91. The maximum atomic E-state index is 13.0. The van der Waals surface area contributed by atoms with Crippen molar-refractivity contribution in [2.24, 2.45) is 17.6 Å². The molecule has 0 aromatic heterocycles. The third-order valence-electron chi connectivity index (χ3n) is 7.23. The first-order valence-electron chi connectivity index (χ1n) is 13.8. The van der Waals surface area contributed by atoms with Crippen molar-refractivity contribution in [1.82, 2.24) is 0 Å². The van der Waals surface area contributed by atoms with Crippen LogP contribution in [-0.4, -0.2) is 79.2 Å². The number of anilines is 2. The number of ether oxygens (including phenoxy) is 3. The van der Waals surface area contributed by atoms with E-state index in [1.54, 1.807) is 39.0 Å². The number of carbonyl (C=O) groups is 2. The number of benzene rings is 1. The number of aliphatic hydroxyl groups is 1. The van der Waals surface area contributed by atoms with E-state index in [9.17, 15) is 29.3 Å². The van der Waals surface area contributed by atoms with Gasteiger partial charge in [0, 0.05) is 43.9 Å². The van der Waals surface area contributed by atoms with Gasteiger partial charge in [0.25, 0.3) is 5.91 Å². The van der Waals surface area contributed by atoms with E-state index in [1.807, 2.05) is 6.92 Å². The summed E-state index contributed by atoms with van der Waals surface area (Å²) >= 11 is 0. The minimum atomic E-state index is -1.00. The van der Waals surface area contributed by atoms with Gasteiger partial charge in [-0.1, -0.05) is 38.2 Å². The van der Waals surface area contributed by atoms with Crippen LogP contribution in [0.1, 0.15) is 39.7 Å². The predicted octanol–water partition coefficient (Wildman–Crippen LogP) is 3.94. The van der Waals surface area contributed by atoms with Crippen LogP contribution in [0.4, 0.5) is 20.6 Å². The number of hydrogen-bond acceptors (Lipinski definition) is 9. The molecular formula is C30H44FN3O8. The third-order valence-corrected chi connectivity index (χ3v) is 7.23. The summed E-state index contributed by atoms with van der Waals surface area (Å²) in [6, 6.07) is 1.19. The SMILES string of the molecule is CO[C@@H]1/C=C\C=C(\C)C(=O)Nc2cc(O)c(NCCF)c(c2O)C[C@@H](C)C[C@@H](OC)[C@@H](O)[C@@H](C)/C=C(/C)[C@H]1OC(N)=O. The molecule has 11 nitrogen and oxygen atoms in total. The number of phenols is 2. The van der Waals surface area contributed by atoms with Gasteiger partial charge in [-0.3, -0.25) is 4.79 Å². The zero-order valence-corrected chi connectivity index (χ0v) is 25.0. The number of alkyl halides is 1. The number of nitrogens with one attached hydrogen (secondary N) is 2. The number of fused-ring (bicyclic) bond motifs is 2. The number of phenolic OH excluding ortho intramolecular Hbond substituents is 2. The summed E-state index contributed by atoms with van der Waals surface area (Å²) in [6.45, 7) is 6.15. The second-order valence-corrected chi connectivity index (χ2v) is 10.6. The van der Waals surface area contributed by atoms with E-state index in [1.165, 1.54) is 26.4 Å². The van der Waals surface area contributed by atoms with Gasteiger partial charge in [-0.05, 0) is 38.2 Å². The van der Waals surface area contributed by atoms with Gasteiger partial charge in [0.1, 0.15) is 24.3 Å². The number of amides is 2. The second-order valence-electron chi connectivity index (χ2n) is 10.6. The quantitative estimate of drug-likeness (QED) is 0.162. The Morgan fingerprint density at radius 2 is 1.90 bits per heavy atom. The molecule has 0 radical (unpaired) electrons. The minimum absolute atomic E-state index is 0.0263. The molecule has 2 amide bonds. The number of aromatic hydroxyl groups is 2. The molecule has 0 spiro atoms. The summed E-state index contributed by atoms with van der Waals surface area (Å²) in [5.74, 6) is -1.76. The Hall–Kier alpha value is -3.61. The van der Waals surface area contributed by atoms with E-state index in [0.29, 0.717) is 12.0 Å². The number of hydrogen-bond donors (Lipinski definition) is 6. The average Bonchev–Trinajstić information content (AvgIpc) is 2.94. The van der Waals surface area contributed by atoms with E-state index in [2.05, 4.69) is 10.6 Å². The van der Waals surface area contributed by atoms with Crippen LogP contribution in [0, 0.1) is 11.8 Å². The van der Waals surface area contributed by atoms with Crippen LogP contribution < -0.4 is 16.4 Å². The number of primary amides is 1. The minimum Gasteiger partial charge on any atom is -0.506 e. The second kappa shape index (κ2) is 16.1. The maximum absolute atomic E-state index is 13.0. The first-order chi connectivity index (χ1) is 19.8. The molecule has 1 aromatic rings. The molecule has 2 rings (SSSR count). The molecule has 1 heterocycles. The van der Waals surface area contributed by atoms with Crippen LogP contribution in [0.2, 0.25) is 0 Å². The van der Waals surface area contributed by atoms with E-state index in [4.69, 9.17) is 19.9 Å². The highest BCUT2D eigenvalue weighted by molar-refractivity contribution is 6.04. The highest BCUT2D eigenvalue weighted by Gasteiger charge is 2.30. The van der Waals surface area contributed by atoms with Gasteiger partial charge >= 0.3 is 6.09 Å². The molecule has 1 aliphatic rings. The number of aliphatic hydroxyl groups excluding tert-OH is 1. The van der Waals surface area contributed by atoms with Gasteiger partial charge in [-0.2, -0.15) is 0 Å². The predicted molar refractivity (Wildman–Crippen MR) is 158 cm³/mol. The lowest BCUT2D eigenvalue weighted by Gasteiger charge is -2.29. The molecule has 0 fully saturated rings. The van der Waals surface area contributed by atoms with Crippen molar-refractivity contribution in [1.29, 1.82) is 0 Å². The van der Waals surface area contributed by atoms with Crippen LogP contribution in [0.25, 0.3) is 0 Å². The van der Waals surface area contributed by atoms with Crippen molar-refractivity contribution >= 4 is 23.4 Å². The fourth-order valence-corrected chi connectivity index (χ4v) is 4.98. The van der Waals surface area contributed by atoms with Crippen molar-refractivity contribution in [3.05, 3.63) is 47.1 Å². The molecule has 2 bridgehead atoms. The van der Waals surface area contributed by atoms with E-state index in [0.717, 1.165) is 0 Å². The average molecular weight is 594 g/mol. The van der Waals surface area contributed by atoms with Crippen LogP contribution >= 0.6 is 0 Å². The Morgan fingerprint density at radius 3 is 2.50 bits per heavy atom. The first kappa shape index (κ1) is 34.6. The topological polar surface area (TPSA) is 173 Å². The number of rotatable bonds is 6. The van der Waals surface area contributed by atoms with Gasteiger partial charge < -0.3 is 45.9 Å². The zero-order chi connectivity index (χ0) is 31.6. The van der Waals surface area contributed by atoms with Crippen molar-refractivity contribution < 1.29 is 43.5 Å². The van der Waals surface area contributed by atoms with E-state index in [-0.39, 0.29) is 52.9 Å². The van der Waals surface area contributed by atoms with Gasteiger partial charge in [0.15, 0.2) is 6.10 Å². The van der Waals surface area contributed by atoms with Crippen molar-refractivity contribution in [3.63, 3.8) is 0 Å². The van der Waals surface area contributed by atoms with Gasteiger partial charge in [0.05, 0.1) is 23.6 Å². The van der Waals surface area contributed by atoms with Crippen molar-refractivity contribution in [2.45, 2.75) is 65.0 Å². The molecular weight excluding hydrogens is 549 g/mol. The molecule has 0 unspecified atom stereocenters. The monoisotopic (exact) mass is 593 g/mol. The number of allylic oxidation sites excluding steroid dienone is 2. The van der Waals surface area contributed by atoms with Crippen LogP contribution in [0.3, 0.4) is 0 Å². The molecule has 0 saturated heterocycles. The first-order valence-corrected chi connectivity index (χ1v) is 13.8. The largest absolute Gasteiger partial charge is 0.506 e. The zero-order valence-electron chi connectivity index (χ0n) is 25.0. The Bertz CT molecular complexity index is 1190. The van der Waals surface area contributed by atoms with Crippen molar-refractivity contribution in [2.75, 3.05) is 38.1 Å². The fourth-order valence-electron chi connectivity index (χ4n) is 4.98. The van der Waals surface area contributed by atoms with E-state index < -0.39 is 49.0 Å². The van der Waals surface area contributed by atoms with Gasteiger partial charge in [-0.15, -0.1) is 0 Å². The van der Waals surface area contributed by atoms with Crippen LogP contribution in [0.15, 0.2) is 41.5 Å². The molecule has 234 valence electrons. The van der Waals surface area contributed by atoms with Crippen molar-refractivity contribution in [3.8, 4) is 11.5 Å². The lowest BCUT2D eigenvalue weighted by molar-refractivity contribution is -0.112. The van der Waals surface area contributed by atoms with Crippen LogP contribution in [0.5, 0.6) is 11.5 Å². The Morgan fingerprint density at radius 1 is 1.21 bits per heavy atom. The van der Waals surface area contributed by atoms with Gasteiger partial charge in [0.2, 0.25) is 0 Å². The summed E-state index contributed by atoms with van der Waals surface area (Å²) in [4.78, 5) is 24.7. The molecule has 6 atom stereocenters. The Kier molecular flexibility index (Phi) is 13.3. The summed E-state index contributed by atoms with van der Waals surface area (Å²) in [6.07, 6.45) is 2.64. The fraction of sp³-hybridized carbons (Fsp3) is 0.533. The molecule has 1 aromatic carbocycles. The molecule has 1 aliphatic heterocycles. The lowest BCUT2D eigenvalue weighted by Crippen LogP contribution is -2.37. The summed E-state index contributed by atoms with van der Waals surface area (Å²) in [5, 5.41) is 38.6. The molecule has 7 N–H and O–H groups in total. The Labute approximate surface area is 246 Å². The molecule has 42 heavy (non-hydrogen) atoms. The lowest BCUT2D eigenvalue weighted by atomic mass is 9.87.